The molecule has 0 unspecified atom stereocenters. The number of nitrogens with two attached hydrogens (primary N) is 1. The van der Waals surface area contributed by atoms with E-state index in [1.54, 1.807) is 13.8 Å². The molecule has 0 aliphatic carbocycles. The summed E-state index contributed by atoms with van der Waals surface area (Å²) in [5.41, 5.74) is 1.26. The first-order chi connectivity index (χ1) is 9.79. The van der Waals surface area contributed by atoms with Crippen LogP contribution in [0.3, 0.4) is 0 Å². The van der Waals surface area contributed by atoms with Gasteiger partial charge in [-0.3, -0.25) is 5.43 Å². The Labute approximate surface area is 117 Å². The minimum absolute atomic E-state index is 0.0558. The van der Waals surface area contributed by atoms with Crippen molar-refractivity contribution in [2.45, 2.75) is 26.1 Å². The van der Waals surface area contributed by atoms with E-state index in [4.69, 9.17) is 10.6 Å². The van der Waals surface area contributed by atoms with Crippen LogP contribution in [0.5, 0.6) is 6.01 Å². The highest BCUT2D eigenvalue weighted by molar-refractivity contribution is 5.29. The zero-order valence-corrected chi connectivity index (χ0v) is 11.1. The smallest absolute Gasteiger partial charge is 0.419 e. The Morgan fingerprint density at radius 2 is 2.00 bits per heavy atom. The van der Waals surface area contributed by atoms with Crippen LogP contribution in [0.1, 0.15) is 19.4 Å². The molecule has 2 aromatic heterocycles. The van der Waals surface area contributed by atoms with Gasteiger partial charge in [0.25, 0.3) is 5.95 Å². The second-order valence-corrected chi connectivity index (χ2v) is 4.22. The molecule has 0 aliphatic rings. The van der Waals surface area contributed by atoms with Crippen LogP contribution in [-0.2, 0) is 6.18 Å². The number of hydrogen-bond donors (Lipinski definition) is 2. The molecule has 3 N–H and O–H groups in total. The highest BCUT2D eigenvalue weighted by atomic mass is 19.4. The predicted molar refractivity (Wildman–Crippen MR) is 65.5 cm³/mol. The number of rotatable bonds is 4. The van der Waals surface area contributed by atoms with Gasteiger partial charge >= 0.3 is 12.2 Å². The van der Waals surface area contributed by atoms with Crippen molar-refractivity contribution >= 4 is 5.95 Å². The zero-order valence-electron chi connectivity index (χ0n) is 11.1. The summed E-state index contributed by atoms with van der Waals surface area (Å²) in [6.07, 6.45) is -3.30. The Hall–Kier alpha value is -2.43. The largest absolute Gasteiger partial charge is 0.461 e. The number of nitrogens with one attached hydrogen (secondary N) is 1. The van der Waals surface area contributed by atoms with Crippen LogP contribution < -0.4 is 16.0 Å². The lowest BCUT2D eigenvalue weighted by molar-refractivity contribution is -0.137. The Morgan fingerprint density at radius 3 is 2.52 bits per heavy atom. The molecule has 8 nitrogen and oxygen atoms in total. The highest BCUT2D eigenvalue weighted by Gasteiger charge is 2.32. The molecule has 114 valence electrons. The third kappa shape index (κ3) is 3.56. The van der Waals surface area contributed by atoms with Crippen LogP contribution in [0.4, 0.5) is 19.1 Å². The monoisotopic (exact) mass is 303 g/mol. The molecule has 0 fully saturated rings. The summed E-state index contributed by atoms with van der Waals surface area (Å²) in [6.45, 7) is 3.49. The van der Waals surface area contributed by atoms with Gasteiger partial charge in [-0.05, 0) is 13.8 Å². The Bertz CT molecular complexity index is 625. The predicted octanol–water partition coefficient (Wildman–Crippen LogP) is 1.15. The molecule has 0 aromatic carbocycles. The maximum absolute atomic E-state index is 12.6. The van der Waals surface area contributed by atoms with Crippen molar-refractivity contribution in [1.82, 2.24) is 24.7 Å². The van der Waals surface area contributed by atoms with E-state index in [9.17, 15) is 13.2 Å². The molecular formula is C10H12F3N7O. The first kappa shape index (κ1) is 15.0. The number of nitrogen functional groups attached to an aromatic ring is 1. The lowest BCUT2D eigenvalue weighted by Gasteiger charge is -2.09. The molecule has 0 bridgehead atoms. The van der Waals surface area contributed by atoms with Crippen molar-refractivity contribution < 1.29 is 17.9 Å². The van der Waals surface area contributed by atoms with E-state index in [0.29, 0.717) is 6.20 Å². The molecule has 0 radical (unpaired) electrons. The van der Waals surface area contributed by atoms with Crippen LogP contribution in [0.15, 0.2) is 12.4 Å². The molecule has 11 heteroatoms. The standard InChI is InChI=1S/C10H12F3N7O/c1-5(2)21-9-17-7(19-14)16-8(18-9)20-4-6(3-15-20)10(11,12)13/h3-5H,14H2,1-2H3,(H,16,17,18,19). The first-order valence-electron chi connectivity index (χ1n) is 5.81. The summed E-state index contributed by atoms with van der Waals surface area (Å²) in [5, 5.41) is 3.57. The van der Waals surface area contributed by atoms with Gasteiger partial charge in [0.1, 0.15) is 0 Å². The van der Waals surface area contributed by atoms with Crippen LogP contribution in [0, 0.1) is 0 Å². The number of alkyl halides is 3. The SMILES string of the molecule is CC(C)Oc1nc(NN)nc(-n2cc(C(F)(F)F)cn2)n1. The fourth-order valence-corrected chi connectivity index (χ4v) is 1.35. The van der Waals surface area contributed by atoms with Crippen molar-refractivity contribution in [3.63, 3.8) is 0 Å². The van der Waals surface area contributed by atoms with Gasteiger partial charge in [-0.25, -0.2) is 10.5 Å². The van der Waals surface area contributed by atoms with Crippen LogP contribution >= 0.6 is 0 Å². The summed E-state index contributed by atoms with van der Waals surface area (Å²) in [5.74, 6) is 5.00. The molecule has 0 atom stereocenters. The molecule has 0 aliphatic heterocycles. The second kappa shape index (κ2) is 5.52. The Morgan fingerprint density at radius 1 is 1.29 bits per heavy atom. The van der Waals surface area contributed by atoms with Gasteiger partial charge in [-0.1, -0.05) is 0 Å². The van der Waals surface area contributed by atoms with Gasteiger partial charge in [0.15, 0.2) is 0 Å². The van der Waals surface area contributed by atoms with E-state index in [1.165, 1.54) is 0 Å². The van der Waals surface area contributed by atoms with E-state index in [1.807, 2.05) is 0 Å². The highest BCUT2D eigenvalue weighted by Crippen LogP contribution is 2.28. The maximum Gasteiger partial charge on any atom is 0.419 e. The molecule has 2 heterocycles. The van der Waals surface area contributed by atoms with Gasteiger partial charge in [-0.15, -0.1) is 0 Å². The minimum Gasteiger partial charge on any atom is -0.461 e. The lowest BCUT2D eigenvalue weighted by atomic mass is 10.4. The summed E-state index contributed by atoms with van der Waals surface area (Å²) in [7, 11) is 0. The van der Waals surface area contributed by atoms with E-state index in [0.717, 1.165) is 10.9 Å². The second-order valence-electron chi connectivity index (χ2n) is 4.22. The number of hydrazine groups is 1. The van der Waals surface area contributed by atoms with Crippen molar-refractivity contribution in [3.8, 4) is 12.0 Å². The average molecular weight is 303 g/mol. The number of ether oxygens (including phenoxy) is 1. The molecule has 0 spiro atoms. The summed E-state index contributed by atoms with van der Waals surface area (Å²) >= 11 is 0. The third-order valence-electron chi connectivity index (χ3n) is 2.19. The number of nitrogens with zero attached hydrogens (tertiary/aromatic N) is 5. The lowest BCUT2D eigenvalue weighted by Crippen LogP contribution is -2.16. The maximum atomic E-state index is 12.6. The summed E-state index contributed by atoms with van der Waals surface area (Å²) in [4.78, 5) is 11.5. The molecule has 21 heavy (non-hydrogen) atoms. The Kier molecular flexibility index (Phi) is 3.93. The quantitative estimate of drug-likeness (QED) is 0.645. The minimum atomic E-state index is -4.50. The third-order valence-corrected chi connectivity index (χ3v) is 2.19. The average Bonchev–Trinajstić information content (AvgIpc) is 2.86. The van der Waals surface area contributed by atoms with Crippen LogP contribution in [-0.4, -0.2) is 30.8 Å². The number of halogens is 3. The molecule has 0 amide bonds. The van der Waals surface area contributed by atoms with E-state index >= 15 is 0 Å². The van der Waals surface area contributed by atoms with Gasteiger partial charge in [0.05, 0.1) is 17.9 Å². The van der Waals surface area contributed by atoms with Gasteiger partial charge in [-0.2, -0.15) is 33.2 Å². The number of aromatic nitrogens is 5. The molecule has 2 aromatic rings. The van der Waals surface area contributed by atoms with Crippen molar-refractivity contribution in [2.24, 2.45) is 5.84 Å². The van der Waals surface area contributed by atoms with E-state index < -0.39 is 11.7 Å². The molecule has 0 saturated heterocycles. The normalized spacial score (nSPS) is 11.8. The summed E-state index contributed by atoms with van der Waals surface area (Å²) < 4.78 is 43.8. The fraction of sp³-hybridized carbons (Fsp3) is 0.400. The van der Waals surface area contributed by atoms with Crippen LogP contribution in [0.2, 0.25) is 0 Å². The van der Waals surface area contributed by atoms with Crippen molar-refractivity contribution in [3.05, 3.63) is 18.0 Å². The molecule has 2 rings (SSSR count). The van der Waals surface area contributed by atoms with E-state index in [-0.39, 0.29) is 24.0 Å². The number of anilines is 1. The number of hydrogen-bond acceptors (Lipinski definition) is 7. The molecule has 0 saturated carbocycles. The van der Waals surface area contributed by atoms with Gasteiger partial charge < -0.3 is 4.74 Å². The summed E-state index contributed by atoms with van der Waals surface area (Å²) in [6, 6.07) is -0.0768. The molecular weight excluding hydrogens is 291 g/mol. The zero-order chi connectivity index (χ0) is 15.6. The topological polar surface area (TPSA) is 104 Å². The van der Waals surface area contributed by atoms with Gasteiger partial charge in [0, 0.05) is 6.20 Å². The first-order valence-corrected chi connectivity index (χ1v) is 5.81. The van der Waals surface area contributed by atoms with Crippen molar-refractivity contribution in [1.29, 1.82) is 0 Å². The van der Waals surface area contributed by atoms with Crippen LogP contribution in [0.25, 0.3) is 5.95 Å². The fourth-order valence-electron chi connectivity index (χ4n) is 1.35. The van der Waals surface area contributed by atoms with E-state index in [2.05, 4.69) is 25.5 Å². The Balaban J connectivity index is 2.40. The van der Waals surface area contributed by atoms with Gasteiger partial charge in [0.2, 0.25) is 5.95 Å². The van der Waals surface area contributed by atoms with Crippen molar-refractivity contribution in [2.75, 3.05) is 5.43 Å².